The van der Waals surface area contributed by atoms with Crippen LogP contribution in [-0.4, -0.2) is 9.97 Å². The topological polar surface area (TPSA) is 37.8 Å². The predicted molar refractivity (Wildman–Crippen MR) is 71.1 cm³/mol. The number of aromatic nitrogens is 2. The van der Waals surface area contributed by atoms with Crippen LogP contribution in [0.3, 0.4) is 0 Å². The lowest BCUT2D eigenvalue weighted by Gasteiger charge is -2.12. The molecule has 1 N–H and O–H groups in total. The fourth-order valence-corrected chi connectivity index (χ4v) is 2.73. The summed E-state index contributed by atoms with van der Waals surface area (Å²) >= 11 is 1.76. The molecule has 0 saturated carbocycles. The van der Waals surface area contributed by atoms with Gasteiger partial charge in [-0.25, -0.2) is 4.98 Å². The summed E-state index contributed by atoms with van der Waals surface area (Å²) in [6, 6.07) is 4.31. The van der Waals surface area contributed by atoms with Crippen molar-refractivity contribution in [2.75, 3.05) is 0 Å². The molecule has 2 rings (SSSR count). The zero-order chi connectivity index (χ0) is 12.3. The highest BCUT2D eigenvalue weighted by molar-refractivity contribution is 7.11. The Labute approximate surface area is 106 Å². The van der Waals surface area contributed by atoms with E-state index in [9.17, 15) is 0 Å². The van der Waals surface area contributed by atoms with Gasteiger partial charge in [-0.05, 0) is 32.4 Å². The van der Waals surface area contributed by atoms with Gasteiger partial charge in [0.15, 0.2) is 0 Å². The average molecular weight is 247 g/mol. The molecule has 4 heteroatoms. The number of hydrogen-bond acceptors (Lipinski definition) is 4. The minimum atomic E-state index is 0.278. The Kier molecular flexibility index (Phi) is 3.86. The molecular formula is C13H17N3S. The highest BCUT2D eigenvalue weighted by Gasteiger charge is 2.12. The molecule has 0 aromatic carbocycles. The number of thiazole rings is 1. The molecule has 17 heavy (non-hydrogen) atoms. The van der Waals surface area contributed by atoms with Crippen LogP contribution in [0.2, 0.25) is 0 Å². The first-order valence-corrected chi connectivity index (χ1v) is 6.54. The summed E-state index contributed by atoms with van der Waals surface area (Å²) in [5, 5.41) is 4.61. The molecule has 0 saturated heterocycles. The third-order valence-electron chi connectivity index (χ3n) is 2.68. The SMILES string of the molecule is Cc1nc(C(C)NCc2cccnc2)c(C)s1. The van der Waals surface area contributed by atoms with E-state index in [0.29, 0.717) is 0 Å². The lowest BCUT2D eigenvalue weighted by Crippen LogP contribution is -2.19. The Morgan fingerprint density at radius 2 is 2.24 bits per heavy atom. The smallest absolute Gasteiger partial charge is 0.0900 e. The van der Waals surface area contributed by atoms with Gasteiger partial charge in [0.25, 0.3) is 0 Å². The zero-order valence-electron chi connectivity index (χ0n) is 10.4. The van der Waals surface area contributed by atoms with Crippen LogP contribution in [0.4, 0.5) is 0 Å². The summed E-state index contributed by atoms with van der Waals surface area (Å²) < 4.78 is 0. The lowest BCUT2D eigenvalue weighted by atomic mass is 10.2. The van der Waals surface area contributed by atoms with Gasteiger partial charge >= 0.3 is 0 Å². The van der Waals surface area contributed by atoms with Gasteiger partial charge in [0.1, 0.15) is 0 Å². The van der Waals surface area contributed by atoms with Gasteiger partial charge in [0.05, 0.1) is 10.7 Å². The van der Waals surface area contributed by atoms with Crippen LogP contribution in [0, 0.1) is 13.8 Å². The van der Waals surface area contributed by atoms with Crippen LogP contribution in [-0.2, 0) is 6.54 Å². The van der Waals surface area contributed by atoms with E-state index in [-0.39, 0.29) is 6.04 Å². The lowest BCUT2D eigenvalue weighted by molar-refractivity contribution is 0.560. The van der Waals surface area contributed by atoms with Gasteiger partial charge in [-0.3, -0.25) is 4.98 Å². The third kappa shape index (κ3) is 3.11. The first-order chi connectivity index (χ1) is 8.16. The zero-order valence-corrected chi connectivity index (χ0v) is 11.2. The monoisotopic (exact) mass is 247 g/mol. The van der Waals surface area contributed by atoms with Gasteiger partial charge in [0, 0.05) is 29.9 Å². The van der Waals surface area contributed by atoms with E-state index in [0.717, 1.165) is 17.2 Å². The molecule has 0 radical (unpaired) electrons. The summed E-state index contributed by atoms with van der Waals surface area (Å²) in [7, 11) is 0. The van der Waals surface area contributed by atoms with Crippen molar-refractivity contribution in [2.45, 2.75) is 33.4 Å². The summed E-state index contributed by atoms with van der Waals surface area (Å²) in [6.07, 6.45) is 3.68. The Morgan fingerprint density at radius 3 is 2.82 bits per heavy atom. The van der Waals surface area contributed by atoms with Crippen molar-refractivity contribution < 1.29 is 0 Å². The molecule has 0 aliphatic heterocycles. The number of nitrogens with one attached hydrogen (secondary N) is 1. The van der Waals surface area contributed by atoms with Crippen LogP contribution in [0.15, 0.2) is 24.5 Å². The summed E-state index contributed by atoms with van der Waals surface area (Å²) in [6.45, 7) is 7.15. The molecule has 2 aromatic rings. The molecule has 1 unspecified atom stereocenters. The van der Waals surface area contributed by atoms with Crippen molar-refractivity contribution in [3.8, 4) is 0 Å². The number of nitrogens with zero attached hydrogens (tertiary/aromatic N) is 2. The van der Waals surface area contributed by atoms with E-state index in [4.69, 9.17) is 0 Å². The van der Waals surface area contributed by atoms with Crippen LogP contribution in [0.25, 0.3) is 0 Å². The second kappa shape index (κ2) is 5.38. The Morgan fingerprint density at radius 1 is 1.41 bits per heavy atom. The second-order valence-electron chi connectivity index (χ2n) is 4.14. The average Bonchev–Trinajstić information content (AvgIpc) is 2.67. The second-order valence-corrected chi connectivity index (χ2v) is 5.55. The van der Waals surface area contributed by atoms with E-state index in [2.05, 4.69) is 42.1 Å². The minimum Gasteiger partial charge on any atom is -0.305 e. The van der Waals surface area contributed by atoms with E-state index < -0.39 is 0 Å². The van der Waals surface area contributed by atoms with Crippen LogP contribution in [0.5, 0.6) is 0 Å². The molecule has 0 amide bonds. The highest BCUT2D eigenvalue weighted by Crippen LogP contribution is 2.22. The van der Waals surface area contributed by atoms with Crippen molar-refractivity contribution in [2.24, 2.45) is 0 Å². The number of aryl methyl sites for hydroxylation is 2. The van der Waals surface area contributed by atoms with Gasteiger partial charge in [-0.2, -0.15) is 0 Å². The third-order valence-corrected chi connectivity index (χ3v) is 3.59. The molecule has 0 spiro atoms. The Bertz CT molecular complexity index is 479. The quantitative estimate of drug-likeness (QED) is 0.902. The molecule has 0 aliphatic carbocycles. The van der Waals surface area contributed by atoms with E-state index >= 15 is 0 Å². The first-order valence-electron chi connectivity index (χ1n) is 5.73. The molecule has 90 valence electrons. The molecular weight excluding hydrogens is 230 g/mol. The highest BCUT2D eigenvalue weighted by atomic mass is 32.1. The number of pyridine rings is 1. The van der Waals surface area contributed by atoms with Crippen LogP contribution in [0.1, 0.15) is 34.1 Å². The first kappa shape index (κ1) is 12.2. The summed E-state index contributed by atoms with van der Waals surface area (Å²) in [4.78, 5) is 9.97. The van der Waals surface area contributed by atoms with Crippen LogP contribution < -0.4 is 5.32 Å². The van der Waals surface area contributed by atoms with Crippen molar-refractivity contribution in [3.63, 3.8) is 0 Å². The Balaban J connectivity index is 1.98. The van der Waals surface area contributed by atoms with Gasteiger partial charge in [-0.15, -0.1) is 11.3 Å². The van der Waals surface area contributed by atoms with Crippen molar-refractivity contribution in [1.29, 1.82) is 0 Å². The Hall–Kier alpha value is -1.26. The predicted octanol–water partition coefficient (Wildman–Crippen LogP) is 3.01. The van der Waals surface area contributed by atoms with Crippen molar-refractivity contribution >= 4 is 11.3 Å². The van der Waals surface area contributed by atoms with Crippen molar-refractivity contribution in [1.82, 2.24) is 15.3 Å². The fraction of sp³-hybridized carbons (Fsp3) is 0.385. The van der Waals surface area contributed by atoms with Gasteiger partial charge in [-0.1, -0.05) is 6.07 Å². The standard InChI is InChI=1S/C13H17N3S/c1-9(13-10(2)17-11(3)16-13)15-8-12-5-4-6-14-7-12/h4-7,9,15H,8H2,1-3H3. The molecule has 2 heterocycles. The molecule has 3 nitrogen and oxygen atoms in total. The fourth-order valence-electron chi connectivity index (χ4n) is 1.82. The van der Waals surface area contributed by atoms with E-state index in [1.54, 1.807) is 17.5 Å². The summed E-state index contributed by atoms with van der Waals surface area (Å²) in [5.41, 5.74) is 2.36. The number of rotatable bonds is 4. The maximum absolute atomic E-state index is 4.56. The minimum absolute atomic E-state index is 0.278. The van der Waals surface area contributed by atoms with Gasteiger partial charge in [0.2, 0.25) is 0 Å². The molecule has 0 aliphatic rings. The largest absolute Gasteiger partial charge is 0.305 e. The molecule has 0 bridgehead atoms. The summed E-state index contributed by atoms with van der Waals surface area (Å²) in [5.74, 6) is 0. The maximum Gasteiger partial charge on any atom is 0.0900 e. The number of hydrogen-bond donors (Lipinski definition) is 1. The van der Waals surface area contributed by atoms with E-state index in [1.165, 1.54) is 10.4 Å². The van der Waals surface area contributed by atoms with Gasteiger partial charge < -0.3 is 5.32 Å². The normalized spacial score (nSPS) is 12.6. The van der Waals surface area contributed by atoms with Crippen LogP contribution >= 0.6 is 11.3 Å². The molecule has 2 aromatic heterocycles. The van der Waals surface area contributed by atoms with E-state index in [1.807, 2.05) is 12.3 Å². The maximum atomic E-state index is 4.56. The molecule has 1 atom stereocenters. The molecule has 0 fully saturated rings. The van der Waals surface area contributed by atoms with Crippen molar-refractivity contribution in [3.05, 3.63) is 45.7 Å².